The van der Waals surface area contributed by atoms with Crippen molar-refractivity contribution in [2.75, 3.05) is 6.54 Å². The maximum atomic E-state index is 11.9. The SMILES string of the molecule is O=C(O)N1CCCC1NC(=O)C(F)(F)F. The number of amides is 2. The molecule has 1 atom stereocenters. The van der Waals surface area contributed by atoms with E-state index >= 15 is 0 Å². The van der Waals surface area contributed by atoms with Gasteiger partial charge in [-0.3, -0.25) is 9.69 Å². The summed E-state index contributed by atoms with van der Waals surface area (Å²) < 4.78 is 35.6. The lowest BCUT2D eigenvalue weighted by Crippen LogP contribution is -2.50. The second-order valence-electron chi connectivity index (χ2n) is 3.11. The minimum atomic E-state index is -4.98. The molecule has 0 aromatic rings. The van der Waals surface area contributed by atoms with Gasteiger partial charge in [-0.1, -0.05) is 0 Å². The van der Waals surface area contributed by atoms with E-state index in [-0.39, 0.29) is 13.0 Å². The number of rotatable bonds is 1. The van der Waals surface area contributed by atoms with E-state index in [0.717, 1.165) is 4.90 Å². The van der Waals surface area contributed by atoms with E-state index in [9.17, 15) is 22.8 Å². The third-order valence-corrected chi connectivity index (χ3v) is 2.05. The first-order valence-electron chi connectivity index (χ1n) is 4.19. The molecular formula is C7H9F3N2O3. The van der Waals surface area contributed by atoms with Crippen LogP contribution < -0.4 is 5.32 Å². The van der Waals surface area contributed by atoms with Crippen LogP contribution >= 0.6 is 0 Å². The molecule has 1 fully saturated rings. The number of hydrogen-bond donors (Lipinski definition) is 2. The first-order chi connectivity index (χ1) is 6.82. The molecule has 1 heterocycles. The van der Waals surface area contributed by atoms with Crippen molar-refractivity contribution in [2.24, 2.45) is 0 Å². The molecule has 0 aromatic carbocycles. The molecule has 1 aliphatic rings. The first-order valence-corrected chi connectivity index (χ1v) is 4.19. The van der Waals surface area contributed by atoms with Crippen LogP contribution in [0, 0.1) is 0 Å². The van der Waals surface area contributed by atoms with Gasteiger partial charge in [0.2, 0.25) is 0 Å². The summed E-state index contributed by atoms with van der Waals surface area (Å²) in [6.07, 6.45) is -6.74. The van der Waals surface area contributed by atoms with Crippen LogP contribution in [0.1, 0.15) is 12.8 Å². The Morgan fingerprint density at radius 2 is 2.00 bits per heavy atom. The monoisotopic (exact) mass is 226 g/mol. The van der Waals surface area contributed by atoms with Crippen molar-refractivity contribution in [3.63, 3.8) is 0 Å². The van der Waals surface area contributed by atoms with Crippen molar-refractivity contribution >= 4 is 12.0 Å². The third-order valence-electron chi connectivity index (χ3n) is 2.05. The van der Waals surface area contributed by atoms with Crippen LogP contribution in [0.2, 0.25) is 0 Å². The van der Waals surface area contributed by atoms with E-state index in [4.69, 9.17) is 5.11 Å². The Hall–Kier alpha value is -1.47. The summed E-state index contributed by atoms with van der Waals surface area (Å²) in [5.41, 5.74) is 0. The number of carbonyl (C=O) groups is 2. The number of carboxylic acid groups (broad SMARTS) is 1. The smallest absolute Gasteiger partial charge is 0.465 e. The number of nitrogens with zero attached hydrogens (tertiary/aromatic N) is 1. The van der Waals surface area contributed by atoms with Gasteiger partial charge in [0.05, 0.1) is 0 Å². The van der Waals surface area contributed by atoms with Crippen molar-refractivity contribution in [3.8, 4) is 0 Å². The molecule has 2 amide bonds. The Labute approximate surface area is 82.8 Å². The molecule has 0 saturated carbocycles. The van der Waals surface area contributed by atoms with Gasteiger partial charge >= 0.3 is 18.2 Å². The molecule has 0 spiro atoms. The fourth-order valence-electron chi connectivity index (χ4n) is 1.38. The average molecular weight is 226 g/mol. The highest BCUT2D eigenvalue weighted by Gasteiger charge is 2.42. The minimum absolute atomic E-state index is 0.137. The molecule has 1 aliphatic heterocycles. The molecule has 8 heteroatoms. The van der Waals surface area contributed by atoms with E-state index in [1.54, 1.807) is 5.32 Å². The van der Waals surface area contributed by atoms with Crippen LogP contribution in [0.3, 0.4) is 0 Å². The largest absolute Gasteiger partial charge is 0.471 e. The van der Waals surface area contributed by atoms with Crippen LogP contribution in [0.25, 0.3) is 0 Å². The maximum Gasteiger partial charge on any atom is 0.471 e. The van der Waals surface area contributed by atoms with Crippen LogP contribution in [-0.2, 0) is 4.79 Å². The molecule has 0 aromatic heterocycles. The topological polar surface area (TPSA) is 69.6 Å². The summed E-state index contributed by atoms with van der Waals surface area (Å²) in [4.78, 5) is 21.9. The van der Waals surface area contributed by atoms with Gasteiger partial charge < -0.3 is 10.4 Å². The molecule has 0 bridgehead atoms. The minimum Gasteiger partial charge on any atom is -0.465 e. The van der Waals surface area contributed by atoms with Gasteiger partial charge in [0.15, 0.2) is 0 Å². The zero-order valence-corrected chi connectivity index (χ0v) is 7.54. The number of halogens is 3. The summed E-state index contributed by atoms with van der Waals surface area (Å²) in [6, 6.07) is 0. The van der Waals surface area contributed by atoms with Crippen LogP contribution in [0.5, 0.6) is 0 Å². The van der Waals surface area contributed by atoms with Gasteiger partial charge in [-0.2, -0.15) is 13.2 Å². The van der Waals surface area contributed by atoms with E-state index in [0.29, 0.717) is 6.42 Å². The highest BCUT2D eigenvalue weighted by atomic mass is 19.4. The molecule has 1 rings (SSSR count). The van der Waals surface area contributed by atoms with Crippen molar-refractivity contribution in [1.82, 2.24) is 10.2 Å². The van der Waals surface area contributed by atoms with Gasteiger partial charge in [-0.05, 0) is 12.8 Å². The van der Waals surface area contributed by atoms with Gasteiger partial charge in [0.1, 0.15) is 6.17 Å². The molecule has 15 heavy (non-hydrogen) atoms. The Bertz CT molecular complexity index is 279. The van der Waals surface area contributed by atoms with E-state index < -0.39 is 24.3 Å². The summed E-state index contributed by atoms with van der Waals surface area (Å²) in [7, 11) is 0. The number of carbonyl (C=O) groups excluding carboxylic acids is 1. The Kier molecular flexibility index (Phi) is 3.06. The third kappa shape index (κ3) is 2.74. The lowest BCUT2D eigenvalue weighted by atomic mass is 10.3. The van der Waals surface area contributed by atoms with Gasteiger partial charge in [-0.25, -0.2) is 4.79 Å². The van der Waals surface area contributed by atoms with Gasteiger partial charge in [0, 0.05) is 6.54 Å². The maximum absolute atomic E-state index is 11.9. The molecular weight excluding hydrogens is 217 g/mol. The predicted molar refractivity (Wildman–Crippen MR) is 42.0 cm³/mol. The number of nitrogens with one attached hydrogen (secondary N) is 1. The van der Waals surface area contributed by atoms with E-state index in [1.165, 1.54) is 0 Å². The van der Waals surface area contributed by atoms with E-state index in [1.807, 2.05) is 0 Å². The summed E-state index contributed by atoms with van der Waals surface area (Å²) >= 11 is 0. The van der Waals surface area contributed by atoms with Gasteiger partial charge in [0.25, 0.3) is 0 Å². The Morgan fingerprint density at radius 1 is 1.40 bits per heavy atom. The van der Waals surface area contributed by atoms with Crippen LogP contribution in [0.4, 0.5) is 18.0 Å². The average Bonchev–Trinajstić information content (AvgIpc) is 2.50. The molecule has 0 radical (unpaired) electrons. The first kappa shape index (κ1) is 11.6. The number of alkyl halides is 3. The lowest BCUT2D eigenvalue weighted by Gasteiger charge is -2.22. The Morgan fingerprint density at radius 3 is 2.47 bits per heavy atom. The van der Waals surface area contributed by atoms with Crippen LogP contribution in [0.15, 0.2) is 0 Å². The molecule has 2 N–H and O–H groups in total. The fourth-order valence-corrected chi connectivity index (χ4v) is 1.38. The number of likely N-dealkylation sites (tertiary alicyclic amines) is 1. The lowest BCUT2D eigenvalue weighted by molar-refractivity contribution is -0.175. The highest BCUT2D eigenvalue weighted by molar-refractivity contribution is 5.82. The quantitative estimate of drug-likeness (QED) is 0.693. The number of hydrogen-bond acceptors (Lipinski definition) is 2. The van der Waals surface area contributed by atoms with Crippen molar-refractivity contribution in [1.29, 1.82) is 0 Å². The van der Waals surface area contributed by atoms with E-state index in [2.05, 4.69) is 0 Å². The normalized spacial score (nSPS) is 21.5. The summed E-state index contributed by atoms with van der Waals surface area (Å²) in [6.45, 7) is 0.137. The fraction of sp³-hybridized carbons (Fsp3) is 0.714. The second kappa shape index (κ2) is 3.95. The molecule has 1 saturated heterocycles. The molecule has 0 aliphatic carbocycles. The molecule has 5 nitrogen and oxygen atoms in total. The zero-order valence-electron chi connectivity index (χ0n) is 7.54. The highest BCUT2D eigenvalue weighted by Crippen LogP contribution is 2.19. The zero-order chi connectivity index (χ0) is 11.6. The predicted octanol–water partition coefficient (Wildman–Crippen LogP) is 0.765. The van der Waals surface area contributed by atoms with Crippen molar-refractivity contribution < 1.29 is 27.9 Å². The van der Waals surface area contributed by atoms with Crippen molar-refractivity contribution in [2.45, 2.75) is 25.2 Å². The molecule has 86 valence electrons. The molecule has 1 unspecified atom stereocenters. The standard InChI is InChI=1S/C7H9F3N2O3/c8-7(9,10)5(13)11-4-2-1-3-12(4)6(14)15/h4H,1-3H2,(H,11,13)(H,14,15). The summed E-state index contributed by atoms with van der Waals surface area (Å²) in [5, 5.41) is 10.2. The van der Waals surface area contributed by atoms with Crippen molar-refractivity contribution in [3.05, 3.63) is 0 Å². The Balaban J connectivity index is 2.58. The van der Waals surface area contributed by atoms with Crippen LogP contribution in [-0.4, -0.2) is 40.9 Å². The second-order valence-corrected chi connectivity index (χ2v) is 3.11. The summed E-state index contributed by atoms with van der Waals surface area (Å²) in [5.74, 6) is -2.11. The van der Waals surface area contributed by atoms with Gasteiger partial charge in [-0.15, -0.1) is 0 Å².